The zero-order valence-corrected chi connectivity index (χ0v) is 20.0. The smallest absolute Gasteiger partial charge is 0.280 e. The maximum absolute atomic E-state index is 13.3. The lowest BCUT2D eigenvalue weighted by Crippen LogP contribution is -2.21. The molecule has 0 N–H and O–H groups in total. The summed E-state index contributed by atoms with van der Waals surface area (Å²) in [5.74, 6) is 0.666. The summed E-state index contributed by atoms with van der Waals surface area (Å²) >= 11 is 0. The first-order chi connectivity index (χ1) is 17.0. The molecule has 0 spiro atoms. The van der Waals surface area contributed by atoms with Gasteiger partial charge in [-0.1, -0.05) is 36.4 Å². The molecule has 2 heterocycles. The second-order valence-corrected chi connectivity index (χ2v) is 8.32. The minimum atomic E-state index is -0.157. The molecule has 0 unspecified atom stereocenters. The Morgan fingerprint density at radius 2 is 1.60 bits per heavy atom. The number of hydrogen-bond acceptors (Lipinski definition) is 4. The van der Waals surface area contributed by atoms with Gasteiger partial charge in [0, 0.05) is 17.3 Å². The standard InChI is InChI=1S/C29H26N4O2/c1-4-35-25-15-16-26(20(2)17-25)28-22(19-32(31-28)23-11-7-5-8-12-23)18-27-21(3)30-33(29(27)34)24-13-9-6-10-14-24/h5-19H,4H2,1-3H3/b27-18+. The fraction of sp³-hybridized carbons (Fsp3) is 0.138. The number of carbonyl (C=O) groups is 1. The molecular formula is C29H26N4O2. The Labute approximate surface area is 204 Å². The maximum Gasteiger partial charge on any atom is 0.280 e. The number of rotatable bonds is 6. The Bertz CT molecular complexity index is 1440. The summed E-state index contributed by atoms with van der Waals surface area (Å²) < 4.78 is 7.51. The van der Waals surface area contributed by atoms with E-state index >= 15 is 0 Å². The van der Waals surface area contributed by atoms with E-state index in [1.807, 2.05) is 117 Å². The highest BCUT2D eigenvalue weighted by Gasteiger charge is 2.29. The summed E-state index contributed by atoms with van der Waals surface area (Å²) in [7, 11) is 0. The third-order valence-corrected chi connectivity index (χ3v) is 5.89. The van der Waals surface area contributed by atoms with Crippen LogP contribution in [0.15, 0.2) is 95.7 Å². The normalized spacial score (nSPS) is 14.5. The molecule has 5 rings (SSSR count). The molecule has 0 aliphatic carbocycles. The van der Waals surface area contributed by atoms with Crippen molar-refractivity contribution in [3.8, 4) is 22.7 Å². The number of hydrazone groups is 1. The fourth-order valence-corrected chi connectivity index (χ4v) is 4.16. The molecule has 1 aliphatic heterocycles. The van der Waals surface area contributed by atoms with Gasteiger partial charge in [0.15, 0.2) is 0 Å². The van der Waals surface area contributed by atoms with E-state index in [2.05, 4.69) is 5.10 Å². The van der Waals surface area contributed by atoms with E-state index in [4.69, 9.17) is 9.84 Å². The van der Waals surface area contributed by atoms with Gasteiger partial charge in [-0.2, -0.15) is 15.2 Å². The maximum atomic E-state index is 13.3. The van der Waals surface area contributed by atoms with Crippen molar-refractivity contribution in [2.75, 3.05) is 11.6 Å². The van der Waals surface area contributed by atoms with Gasteiger partial charge in [-0.3, -0.25) is 4.79 Å². The lowest BCUT2D eigenvalue weighted by molar-refractivity contribution is -0.114. The number of amides is 1. The molecule has 4 aromatic rings. The fourth-order valence-electron chi connectivity index (χ4n) is 4.16. The van der Waals surface area contributed by atoms with Crippen LogP contribution in [0.3, 0.4) is 0 Å². The summed E-state index contributed by atoms with van der Waals surface area (Å²) in [4.78, 5) is 13.3. The van der Waals surface area contributed by atoms with Gasteiger partial charge in [0.05, 0.1) is 29.3 Å². The van der Waals surface area contributed by atoms with Crippen LogP contribution in [0.2, 0.25) is 0 Å². The van der Waals surface area contributed by atoms with E-state index in [0.717, 1.165) is 39.5 Å². The molecule has 174 valence electrons. The first-order valence-electron chi connectivity index (χ1n) is 11.6. The predicted molar refractivity (Wildman–Crippen MR) is 140 cm³/mol. The van der Waals surface area contributed by atoms with Crippen LogP contribution in [0.5, 0.6) is 5.75 Å². The van der Waals surface area contributed by atoms with Gasteiger partial charge < -0.3 is 4.74 Å². The van der Waals surface area contributed by atoms with E-state index < -0.39 is 0 Å². The quantitative estimate of drug-likeness (QED) is 0.328. The van der Waals surface area contributed by atoms with Crippen LogP contribution >= 0.6 is 0 Å². The van der Waals surface area contributed by atoms with Crippen LogP contribution in [-0.4, -0.2) is 28.0 Å². The van der Waals surface area contributed by atoms with Gasteiger partial charge >= 0.3 is 0 Å². The Balaban J connectivity index is 1.61. The summed E-state index contributed by atoms with van der Waals surface area (Å²) in [6.45, 7) is 6.48. The van der Waals surface area contributed by atoms with Crippen LogP contribution in [0.4, 0.5) is 5.69 Å². The zero-order chi connectivity index (χ0) is 24.4. The van der Waals surface area contributed by atoms with E-state index in [-0.39, 0.29) is 5.91 Å². The molecule has 1 aromatic heterocycles. The highest BCUT2D eigenvalue weighted by Crippen LogP contribution is 2.32. The number of anilines is 1. The SMILES string of the molecule is CCOc1ccc(-c2nn(-c3ccccc3)cc2/C=C2/C(=O)N(c3ccccc3)N=C2C)c(C)c1. The monoisotopic (exact) mass is 462 g/mol. The van der Waals surface area contributed by atoms with Crippen LogP contribution in [0.1, 0.15) is 25.0 Å². The molecule has 0 saturated carbocycles. The number of carbonyl (C=O) groups excluding carboxylic acids is 1. The summed E-state index contributed by atoms with van der Waals surface area (Å²) in [5.41, 5.74) is 6.55. The van der Waals surface area contributed by atoms with Crippen molar-refractivity contribution in [3.63, 3.8) is 0 Å². The number of nitrogens with zero attached hydrogens (tertiary/aromatic N) is 4. The van der Waals surface area contributed by atoms with E-state index in [9.17, 15) is 4.79 Å². The van der Waals surface area contributed by atoms with Gasteiger partial charge in [0.2, 0.25) is 0 Å². The lowest BCUT2D eigenvalue weighted by Gasteiger charge is -2.11. The average molecular weight is 463 g/mol. The molecule has 1 amide bonds. The molecule has 0 bridgehead atoms. The molecule has 1 aliphatic rings. The Morgan fingerprint density at radius 1 is 0.914 bits per heavy atom. The molecule has 3 aromatic carbocycles. The highest BCUT2D eigenvalue weighted by molar-refractivity contribution is 6.32. The Kier molecular flexibility index (Phi) is 6.02. The van der Waals surface area contributed by atoms with Crippen molar-refractivity contribution in [1.82, 2.24) is 9.78 Å². The van der Waals surface area contributed by atoms with Crippen molar-refractivity contribution in [2.45, 2.75) is 20.8 Å². The molecule has 0 atom stereocenters. The predicted octanol–water partition coefficient (Wildman–Crippen LogP) is 6.05. The first kappa shape index (κ1) is 22.3. The topological polar surface area (TPSA) is 59.7 Å². The van der Waals surface area contributed by atoms with Gasteiger partial charge in [-0.15, -0.1) is 0 Å². The zero-order valence-electron chi connectivity index (χ0n) is 20.0. The summed E-state index contributed by atoms with van der Waals surface area (Å²) in [5, 5.41) is 10.9. The summed E-state index contributed by atoms with van der Waals surface area (Å²) in [6, 6.07) is 25.4. The van der Waals surface area contributed by atoms with Crippen LogP contribution < -0.4 is 9.75 Å². The minimum absolute atomic E-state index is 0.157. The van der Waals surface area contributed by atoms with E-state index in [0.29, 0.717) is 17.9 Å². The second-order valence-electron chi connectivity index (χ2n) is 8.32. The number of ether oxygens (including phenoxy) is 1. The third kappa shape index (κ3) is 4.38. The number of aromatic nitrogens is 2. The molecule has 0 fully saturated rings. The Hall–Kier alpha value is -4.45. The van der Waals surface area contributed by atoms with Crippen molar-refractivity contribution in [1.29, 1.82) is 0 Å². The molecule has 6 heteroatoms. The van der Waals surface area contributed by atoms with E-state index in [1.54, 1.807) is 0 Å². The minimum Gasteiger partial charge on any atom is -0.494 e. The van der Waals surface area contributed by atoms with Crippen LogP contribution in [0.25, 0.3) is 23.0 Å². The number of hydrogen-bond donors (Lipinski definition) is 0. The number of para-hydroxylation sites is 2. The van der Waals surface area contributed by atoms with Crippen LogP contribution in [-0.2, 0) is 4.79 Å². The van der Waals surface area contributed by atoms with Crippen molar-refractivity contribution < 1.29 is 9.53 Å². The van der Waals surface area contributed by atoms with Crippen molar-refractivity contribution in [3.05, 3.63) is 102 Å². The van der Waals surface area contributed by atoms with Gasteiger partial charge in [0.1, 0.15) is 11.4 Å². The summed E-state index contributed by atoms with van der Waals surface area (Å²) in [6.07, 6.45) is 3.85. The molecular weight excluding hydrogens is 436 g/mol. The lowest BCUT2D eigenvalue weighted by atomic mass is 10.0. The van der Waals surface area contributed by atoms with Crippen molar-refractivity contribution >= 4 is 23.4 Å². The van der Waals surface area contributed by atoms with Crippen LogP contribution in [0, 0.1) is 6.92 Å². The van der Waals surface area contributed by atoms with Gasteiger partial charge in [-0.05, 0) is 74.9 Å². The van der Waals surface area contributed by atoms with E-state index in [1.165, 1.54) is 5.01 Å². The first-order valence-corrected chi connectivity index (χ1v) is 11.6. The van der Waals surface area contributed by atoms with Gasteiger partial charge in [0.25, 0.3) is 5.91 Å². The molecule has 0 saturated heterocycles. The van der Waals surface area contributed by atoms with Gasteiger partial charge in [-0.25, -0.2) is 4.68 Å². The van der Waals surface area contributed by atoms with Crippen molar-refractivity contribution in [2.24, 2.45) is 5.10 Å². The highest BCUT2D eigenvalue weighted by atomic mass is 16.5. The third-order valence-electron chi connectivity index (χ3n) is 5.89. The second kappa shape index (κ2) is 9.43. The number of aryl methyl sites for hydroxylation is 1. The molecule has 0 radical (unpaired) electrons. The molecule has 6 nitrogen and oxygen atoms in total. The molecule has 35 heavy (non-hydrogen) atoms. The Morgan fingerprint density at radius 3 is 2.26 bits per heavy atom. The largest absolute Gasteiger partial charge is 0.494 e. The number of benzene rings is 3. The average Bonchev–Trinajstić information content (AvgIpc) is 3.42.